The fourth-order valence-electron chi connectivity index (χ4n) is 4.30. The fraction of sp³-hybridized carbons (Fsp3) is 0.824. The van der Waals surface area contributed by atoms with Crippen molar-refractivity contribution in [3.05, 3.63) is 12.7 Å². The van der Waals surface area contributed by atoms with Crippen LogP contribution in [0.1, 0.15) is 33.1 Å². The summed E-state index contributed by atoms with van der Waals surface area (Å²) in [6.07, 6.45) is 5.16. The van der Waals surface area contributed by atoms with Gasteiger partial charge in [-0.2, -0.15) is 0 Å². The largest absolute Gasteiger partial charge is 0.460 e. The summed E-state index contributed by atoms with van der Waals surface area (Å²) in [6, 6.07) is 0. The zero-order valence-corrected chi connectivity index (χ0v) is 12.6. The van der Waals surface area contributed by atoms with E-state index in [2.05, 4.69) is 16.1 Å². The second-order valence-corrected chi connectivity index (χ2v) is 6.23. The summed E-state index contributed by atoms with van der Waals surface area (Å²) >= 11 is 0. The van der Waals surface area contributed by atoms with Gasteiger partial charge in [-0.1, -0.05) is 14.0 Å². The highest BCUT2D eigenvalue weighted by Crippen LogP contribution is 2.58. The lowest BCUT2D eigenvalue weighted by Gasteiger charge is -2.25. The highest BCUT2D eigenvalue weighted by atomic mass is 16.6. The van der Waals surface area contributed by atoms with Gasteiger partial charge in [-0.3, -0.25) is 0 Å². The average molecular weight is 314 g/mol. The molecule has 2 N–H and O–H groups in total. The van der Waals surface area contributed by atoms with Gasteiger partial charge in [-0.15, -0.1) is 0 Å². The van der Waals surface area contributed by atoms with Crippen LogP contribution in [-0.4, -0.2) is 48.7 Å². The van der Waals surface area contributed by atoms with E-state index in [9.17, 15) is 15.0 Å². The molecule has 6 unspecified atom stereocenters. The molecular formula is C17H30O5. The fourth-order valence-corrected chi connectivity index (χ4v) is 4.30. The number of aliphatic hydroxyl groups excluding tert-OH is 2. The van der Waals surface area contributed by atoms with Crippen molar-refractivity contribution in [2.75, 3.05) is 20.3 Å². The normalized spacial score (nSPS) is 37.6. The number of carbonyl (C=O) groups is 1. The first-order valence-electron chi connectivity index (χ1n) is 7.72. The average Bonchev–Trinajstić information content (AvgIpc) is 3.15. The topological polar surface area (TPSA) is 76.0 Å². The van der Waals surface area contributed by atoms with Gasteiger partial charge in [-0.05, 0) is 49.4 Å². The first kappa shape index (κ1) is 19.1. The van der Waals surface area contributed by atoms with Crippen molar-refractivity contribution in [1.29, 1.82) is 0 Å². The maximum absolute atomic E-state index is 10.3. The molecule has 0 spiro atoms. The smallest absolute Gasteiger partial charge is 0.330 e. The Kier molecular flexibility index (Phi) is 7.53. The third-order valence-corrected chi connectivity index (χ3v) is 5.16. The van der Waals surface area contributed by atoms with Crippen LogP contribution < -0.4 is 0 Å². The molecule has 3 aliphatic carbocycles. The van der Waals surface area contributed by atoms with Crippen molar-refractivity contribution in [3.63, 3.8) is 0 Å². The monoisotopic (exact) mass is 314 g/mol. The predicted octanol–water partition coefficient (Wildman–Crippen LogP) is 1.77. The number of methoxy groups -OCH3 is 1. The Bertz CT molecular complexity index is 368. The third-order valence-electron chi connectivity index (χ3n) is 5.16. The minimum absolute atomic E-state index is 0. The maximum atomic E-state index is 10.3. The molecule has 6 atom stereocenters. The molecule has 0 heterocycles. The molecule has 5 nitrogen and oxygen atoms in total. The highest BCUT2D eigenvalue weighted by Gasteiger charge is 2.56. The lowest BCUT2D eigenvalue weighted by Crippen LogP contribution is -2.29. The van der Waals surface area contributed by atoms with Gasteiger partial charge in [0.1, 0.15) is 6.61 Å². The summed E-state index contributed by atoms with van der Waals surface area (Å²) in [5, 5.41) is 19.3. The Labute approximate surface area is 133 Å². The van der Waals surface area contributed by atoms with Gasteiger partial charge in [0, 0.05) is 13.2 Å². The summed E-state index contributed by atoms with van der Waals surface area (Å²) in [7, 11) is 1.54. The number of aliphatic hydroxyl groups is 2. The van der Waals surface area contributed by atoms with Crippen molar-refractivity contribution in [2.45, 2.75) is 45.3 Å². The summed E-state index contributed by atoms with van der Waals surface area (Å²) in [5.41, 5.74) is 0. The Balaban J connectivity index is 0.000000222. The van der Waals surface area contributed by atoms with Crippen molar-refractivity contribution in [2.24, 2.45) is 23.7 Å². The van der Waals surface area contributed by atoms with Crippen LogP contribution in [0.25, 0.3) is 0 Å². The molecule has 0 saturated heterocycles. The lowest BCUT2D eigenvalue weighted by atomic mass is 9.81. The number of hydrogen-bond donors (Lipinski definition) is 2. The predicted molar refractivity (Wildman–Crippen MR) is 84.2 cm³/mol. The van der Waals surface area contributed by atoms with Gasteiger partial charge in [0.2, 0.25) is 0 Å². The first-order valence-corrected chi connectivity index (χ1v) is 7.72. The van der Waals surface area contributed by atoms with E-state index in [1.807, 2.05) is 0 Å². The van der Waals surface area contributed by atoms with Gasteiger partial charge in [0.05, 0.1) is 18.8 Å². The van der Waals surface area contributed by atoms with Gasteiger partial charge in [-0.25, -0.2) is 4.79 Å². The molecule has 128 valence electrons. The Morgan fingerprint density at radius 1 is 1.23 bits per heavy atom. The summed E-state index contributed by atoms with van der Waals surface area (Å²) < 4.78 is 9.17. The first-order chi connectivity index (χ1) is 10.1. The molecule has 3 saturated carbocycles. The van der Waals surface area contributed by atoms with Gasteiger partial charge in [0.25, 0.3) is 0 Å². The second kappa shape index (κ2) is 8.65. The molecule has 2 bridgehead atoms. The molecule has 3 rings (SSSR count). The van der Waals surface area contributed by atoms with Crippen molar-refractivity contribution in [3.8, 4) is 0 Å². The van der Waals surface area contributed by atoms with E-state index >= 15 is 0 Å². The number of rotatable bonds is 4. The zero-order chi connectivity index (χ0) is 15.4. The van der Waals surface area contributed by atoms with E-state index in [4.69, 9.17) is 0 Å². The van der Waals surface area contributed by atoms with Crippen LogP contribution in [-0.2, 0) is 14.3 Å². The quantitative estimate of drug-likeness (QED) is 0.470. The Morgan fingerprint density at radius 2 is 1.91 bits per heavy atom. The van der Waals surface area contributed by atoms with Crippen LogP contribution in [0.2, 0.25) is 0 Å². The molecular weight excluding hydrogens is 284 g/mol. The highest BCUT2D eigenvalue weighted by molar-refractivity contribution is 5.81. The van der Waals surface area contributed by atoms with Crippen molar-refractivity contribution in [1.82, 2.24) is 0 Å². The van der Waals surface area contributed by atoms with E-state index in [0.717, 1.165) is 24.3 Å². The van der Waals surface area contributed by atoms with Crippen molar-refractivity contribution < 1.29 is 24.5 Å². The van der Waals surface area contributed by atoms with Crippen LogP contribution in [0, 0.1) is 23.7 Å². The number of carbonyl (C=O) groups excluding carboxylic acids is 1. The van der Waals surface area contributed by atoms with Crippen LogP contribution in [0.3, 0.4) is 0 Å². The lowest BCUT2D eigenvalue weighted by molar-refractivity contribution is -0.138. The van der Waals surface area contributed by atoms with Gasteiger partial charge < -0.3 is 19.7 Å². The molecule has 0 aromatic heterocycles. The minimum atomic E-state index is -0.414. The minimum Gasteiger partial charge on any atom is -0.460 e. The number of hydrogen-bond acceptors (Lipinski definition) is 5. The van der Waals surface area contributed by atoms with E-state index in [0.29, 0.717) is 25.0 Å². The van der Waals surface area contributed by atoms with Crippen molar-refractivity contribution >= 4 is 5.97 Å². The van der Waals surface area contributed by atoms with E-state index in [-0.39, 0.29) is 7.43 Å². The Morgan fingerprint density at radius 3 is 2.50 bits per heavy atom. The standard InChI is InChI=1S/C10H16O2.C6H10O3.CH4/c11-8-4-7-5-1-2-6(3-5)9(7)10(8)12;1-3-6(7)9-5-4-8-2;/h5-12H,1-4H2;3H,1,4-5H2,2H3;1H4. The van der Waals surface area contributed by atoms with Crippen LogP contribution in [0.15, 0.2) is 12.7 Å². The molecule has 0 aromatic carbocycles. The summed E-state index contributed by atoms with van der Waals surface area (Å²) in [5.74, 6) is 2.29. The van der Waals surface area contributed by atoms with E-state index in [1.54, 1.807) is 7.11 Å². The molecule has 3 aliphatic rings. The van der Waals surface area contributed by atoms with Crippen LogP contribution in [0.5, 0.6) is 0 Å². The number of ether oxygens (including phenoxy) is 2. The number of fused-ring (bicyclic) bond motifs is 5. The van der Waals surface area contributed by atoms with Crippen LogP contribution in [0.4, 0.5) is 0 Å². The van der Waals surface area contributed by atoms with Gasteiger partial charge in [0.15, 0.2) is 0 Å². The van der Waals surface area contributed by atoms with Crippen LogP contribution >= 0.6 is 0 Å². The zero-order valence-electron chi connectivity index (χ0n) is 12.6. The van der Waals surface area contributed by atoms with E-state index in [1.165, 1.54) is 19.3 Å². The molecule has 0 amide bonds. The third kappa shape index (κ3) is 4.09. The second-order valence-electron chi connectivity index (χ2n) is 6.23. The molecule has 0 aromatic rings. The summed E-state index contributed by atoms with van der Waals surface area (Å²) in [4.78, 5) is 10.3. The maximum Gasteiger partial charge on any atom is 0.330 e. The molecule has 5 heteroatoms. The SMILES string of the molecule is C.C=CC(=O)OCCOC.OC1CC2C3CCC(C3)C2C1O. The molecule has 0 aliphatic heterocycles. The number of esters is 1. The van der Waals surface area contributed by atoms with Gasteiger partial charge >= 0.3 is 5.97 Å². The van der Waals surface area contributed by atoms with E-state index < -0.39 is 18.2 Å². The molecule has 0 radical (unpaired) electrons. The molecule has 3 fully saturated rings. The molecule has 22 heavy (non-hydrogen) atoms. The Hall–Kier alpha value is -0.910. The summed E-state index contributed by atoms with van der Waals surface area (Å²) in [6.45, 7) is 3.95.